The van der Waals surface area contributed by atoms with E-state index in [2.05, 4.69) is 9.97 Å². The molecular weight excluding hydrogens is 296 g/mol. The van der Waals surface area contributed by atoms with Crippen LogP contribution in [0.3, 0.4) is 0 Å². The average Bonchev–Trinajstić information content (AvgIpc) is 2.83. The number of carbonyl (C=O) groups is 1. The molecule has 5 heteroatoms. The number of H-pyrrole nitrogens is 1. The van der Waals surface area contributed by atoms with Gasteiger partial charge in [0.05, 0.1) is 5.39 Å². The van der Waals surface area contributed by atoms with E-state index in [0.717, 1.165) is 27.3 Å². The molecule has 0 spiro atoms. The Morgan fingerprint density at radius 1 is 1.36 bits per heavy atom. The van der Waals surface area contributed by atoms with E-state index >= 15 is 0 Å². The molecule has 112 valence electrons. The van der Waals surface area contributed by atoms with Crippen molar-refractivity contribution in [2.75, 3.05) is 0 Å². The zero-order valence-electron chi connectivity index (χ0n) is 12.7. The van der Waals surface area contributed by atoms with E-state index in [-0.39, 0.29) is 11.3 Å². The van der Waals surface area contributed by atoms with Crippen LogP contribution in [0.2, 0.25) is 0 Å². The monoisotopic (exact) mass is 312 g/mol. The SMILES string of the molecule is CCc1c(C)sc2nc(-c3cccc(C(C)=O)c3)[nH]c(=O)c12. The Kier molecular flexibility index (Phi) is 3.66. The molecule has 1 aromatic carbocycles. The summed E-state index contributed by atoms with van der Waals surface area (Å²) in [6, 6.07) is 7.16. The summed E-state index contributed by atoms with van der Waals surface area (Å²) in [5.74, 6) is 0.495. The highest BCUT2D eigenvalue weighted by atomic mass is 32.1. The lowest BCUT2D eigenvalue weighted by Crippen LogP contribution is -2.10. The number of hydrogen-bond donors (Lipinski definition) is 1. The second-order valence-electron chi connectivity index (χ2n) is 5.22. The molecule has 0 unspecified atom stereocenters. The maximum Gasteiger partial charge on any atom is 0.260 e. The molecule has 0 aliphatic heterocycles. The Balaban J connectivity index is 2.23. The Morgan fingerprint density at radius 2 is 2.14 bits per heavy atom. The average molecular weight is 312 g/mol. The summed E-state index contributed by atoms with van der Waals surface area (Å²) in [5.41, 5.74) is 2.31. The number of aromatic amines is 1. The van der Waals surface area contributed by atoms with Gasteiger partial charge in [-0.25, -0.2) is 4.98 Å². The molecule has 0 amide bonds. The second-order valence-corrected chi connectivity index (χ2v) is 6.43. The molecule has 0 atom stereocenters. The summed E-state index contributed by atoms with van der Waals surface area (Å²) >= 11 is 1.54. The minimum Gasteiger partial charge on any atom is -0.306 e. The van der Waals surface area contributed by atoms with Crippen LogP contribution in [0.25, 0.3) is 21.6 Å². The van der Waals surface area contributed by atoms with Gasteiger partial charge in [-0.2, -0.15) is 0 Å². The van der Waals surface area contributed by atoms with Gasteiger partial charge in [0, 0.05) is 16.0 Å². The number of benzene rings is 1. The number of nitrogens with zero attached hydrogens (tertiary/aromatic N) is 1. The molecule has 0 radical (unpaired) electrons. The number of rotatable bonds is 3. The summed E-state index contributed by atoms with van der Waals surface area (Å²) in [6.45, 7) is 5.58. The maximum absolute atomic E-state index is 12.4. The third-order valence-electron chi connectivity index (χ3n) is 3.76. The van der Waals surface area contributed by atoms with Crippen LogP contribution in [-0.2, 0) is 6.42 Å². The van der Waals surface area contributed by atoms with E-state index in [1.54, 1.807) is 18.2 Å². The highest BCUT2D eigenvalue weighted by molar-refractivity contribution is 7.18. The van der Waals surface area contributed by atoms with Crippen LogP contribution in [0.15, 0.2) is 29.1 Å². The number of thiophene rings is 1. The molecule has 22 heavy (non-hydrogen) atoms. The van der Waals surface area contributed by atoms with Gasteiger partial charge < -0.3 is 4.98 Å². The normalized spacial score (nSPS) is 11.0. The molecule has 0 fully saturated rings. The molecule has 1 N–H and O–H groups in total. The van der Waals surface area contributed by atoms with Crippen molar-refractivity contribution in [3.63, 3.8) is 0 Å². The molecule has 0 bridgehead atoms. The molecule has 0 aliphatic rings. The van der Waals surface area contributed by atoms with Gasteiger partial charge in [0.15, 0.2) is 5.78 Å². The Bertz CT molecular complexity index is 937. The van der Waals surface area contributed by atoms with Gasteiger partial charge in [-0.05, 0) is 31.9 Å². The van der Waals surface area contributed by atoms with E-state index < -0.39 is 0 Å². The highest BCUT2D eigenvalue weighted by Crippen LogP contribution is 2.28. The molecule has 3 rings (SSSR count). The van der Waals surface area contributed by atoms with E-state index in [9.17, 15) is 9.59 Å². The number of nitrogens with one attached hydrogen (secondary N) is 1. The predicted molar refractivity (Wildman–Crippen MR) is 89.8 cm³/mol. The second kappa shape index (κ2) is 5.50. The maximum atomic E-state index is 12.4. The Labute approximate surface area is 131 Å². The number of Topliss-reactive ketones (excluding diaryl/α,β-unsaturated/α-hetero) is 1. The third kappa shape index (κ3) is 2.37. The fourth-order valence-corrected chi connectivity index (χ4v) is 3.74. The van der Waals surface area contributed by atoms with Gasteiger partial charge in [0.2, 0.25) is 0 Å². The summed E-state index contributed by atoms with van der Waals surface area (Å²) in [6.07, 6.45) is 0.815. The van der Waals surface area contributed by atoms with E-state index in [4.69, 9.17) is 0 Å². The molecule has 4 nitrogen and oxygen atoms in total. The zero-order chi connectivity index (χ0) is 15.9. The smallest absolute Gasteiger partial charge is 0.260 e. The minimum absolute atomic E-state index is 0.00878. The molecule has 3 aromatic rings. The van der Waals surface area contributed by atoms with Crippen molar-refractivity contribution in [3.05, 3.63) is 50.6 Å². The third-order valence-corrected chi connectivity index (χ3v) is 4.80. The first-order valence-corrected chi connectivity index (χ1v) is 7.96. The first kappa shape index (κ1) is 14.7. The van der Waals surface area contributed by atoms with Crippen LogP contribution in [0.1, 0.15) is 34.6 Å². The summed E-state index contributed by atoms with van der Waals surface area (Å²) in [7, 11) is 0. The van der Waals surface area contributed by atoms with Crippen LogP contribution in [0.4, 0.5) is 0 Å². The number of hydrogen-bond acceptors (Lipinski definition) is 4. The van der Waals surface area contributed by atoms with Crippen LogP contribution >= 0.6 is 11.3 Å². The predicted octanol–water partition coefficient (Wildman–Crippen LogP) is 3.73. The minimum atomic E-state index is -0.116. The van der Waals surface area contributed by atoms with Gasteiger partial charge in [0.25, 0.3) is 5.56 Å². The molecule has 0 saturated carbocycles. The van der Waals surface area contributed by atoms with E-state index in [1.807, 2.05) is 19.9 Å². The zero-order valence-corrected chi connectivity index (χ0v) is 13.5. The van der Waals surface area contributed by atoms with Crippen LogP contribution < -0.4 is 5.56 Å². The van der Waals surface area contributed by atoms with Crippen molar-refractivity contribution in [1.29, 1.82) is 0 Å². The van der Waals surface area contributed by atoms with Crippen molar-refractivity contribution in [2.24, 2.45) is 0 Å². The lowest BCUT2D eigenvalue weighted by molar-refractivity contribution is 0.101. The standard InChI is InChI=1S/C17H16N2O2S/c1-4-13-10(3)22-17-14(13)16(21)18-15(19-17)12-7-5-6-11(8-12)9(2)20/h5-8H,4H2,1-3H3,(H,18,19,21). The van der Waals surface area contributed by atoms with Crippen molar-refractivity contribution in [2.45, 2.75) is 27.2 Å². The largest absolute Gasteiger partial charge is 0.306 e. The van der Waals surface area contributed by atoms with Gasteiger partial charge in [-0.3, -0.25) is 9.59 Å². The fourth-order valence-electron chi connectivity index (χ4n) is 2.62. The Morgan fingerprint density at radius 3 is 2.82 bits per heavy atom. The van der Waals surface area contributed by atoms with Gasteiger partial charge in [0.1, 0.15) is 10.7 Å². The molecule has 2 aromatic heterocycles. The lowest BCUT2D eigenvalue weighted by Gasteiger charge is -2.03. The lowest BCUT2D eigenvalue weighted by atomic mass is 10.1. The van der Waals surface area contributed by atoms with Crippen molar-refractivity contribution >= 4 is 27.3 Å². The van der Waals surface area contributed by atoms with Crippen molar-refractivity contribution < 1.29 is 4.79 Å². The first-order valence-electron chi connectivity index (χ1n) is 7.15. The first-order chi connectivity index (χ1) is 10.5. The highest BCUT2D eigenvalue weighted by Gasteiger charge is 2.14. The fraction of sp³-hybridized carbons (Fsp3) is 0.235. The quantitative estimate of drug-likeness (QED) is 0.750. The van der Waals surface area contributed by atoms with Crippen LogP contribution in [0.5, 0.6) is 0 Å². The van der Waals surface area contributed by atoms with Crippen molar-refractivity contribution in [3.8, 4) is 11.4 Å². The number of fused-ring (bicyclic) bond motifs is 1. The number of aromatic nitrogens is 2. The molecular formula is C17H16N2O2S. The summed E-state index contributed by atoms with van der Waals surface area (Å²) < 4.78 is 0. The van der Waals surface area contributed by atoms with Gasteiger partial charge in [-0.15, -0.1) is 11.3 Å². The van der Waals surface area contributed by atoms with E-state index in [0.29, 0.717) is 16.8 Å². The van der Waals surface area contributed by atoms with Crippen molar-refractivity contribution in [1.82, 2.24) is 9.97 Å². The number of aryl methyl sites for hydroxylation is 2. The summed E-state index contributed by atoms with van der Waals surface area (Å²) in [4.78, 5) is 33.3. The van der Waals surface area contributed by atoms with Gasteiger partial charge in [-0.1, -0.05) is 25.1 Å². The van der Waals surface area contributed by atoms with Gasteiger partial charge >= 0.3 is 0 Å². The van der Waals surface area contributed by atoms with Crippen LogP contribution in [-0.4, -0.2) is 15.8 Å². The van der Waals surface area contributed by atoms with Crippen LogP contribution in [0, 0.1) is 6.92 Å². The summed E-state index contributed by atoms with van der Waals surface area (Å²) in [5, 5.41) is 0.691. The molecule has 2 heterocycles. The molecule has 0 aliphatic carbocycles. The number of carbonyl (C=O) groups excluding carboxylic acids is 1. The number of ketones is 1. The van der Waals surface area contributed by atoms with E-state index in [1.165, 1.54) is 18.3 Å². The Hall–Kier alpha value is -2.27. The topological polar surface area (TPSA) is 62.8 Å². The molecule has 0 saturated heterocycles.